The first kappa shape index (κ1) is 24.3. The molecule has 0 saturated carbocycles. The minimum absolute atomic E-state index is 0.0214. The molecule has 1 N–H and O–H groups in total. The van der Waals surface area contributed by atoms with Crippen LogP contribution in [0.15, 0.2) is 38.6 Å². The molecule has 3 heterocycles. The van der Waals surface area contributed by atoms with E-state index in [0.717, 1.165) is 38.5 Å². The van der Waals surface area contributed by atoms with Gasteiger partial charge in [-0.3, -0.25) is 23.3 Å². The predicted octanol–water partition coefficient (Wildman–Crippen LogP) is 2.55. The highest BCUT2D eigenvalue weighted by atomic mass is 19.4. The number of hydrogen-bond acceptors (Lipinski definition) is 5. The Morgan fingerprint density at radius 1 is 1.03 bits per heavy atom. The van der Waals surface area contributed by atoms with Crippen molar-refractivity contribution in [2.45, 2.75) is 45.3 Å². The van der Waals surface area contributed by atoms with Gasteiger partial charge in [0.15, 0.2) is 11.2 Å². The van der Waals surface area contributed by atoms with E-state index in [9.17, 15) is 32.7 Å². The largest absolute Gasteiger partial charge is 0.494 e. The maximum atomic E-state index is 13.4. The summed E-state index contributed by atoms with van der Waals surface area (Å²) in [5.41, 5.74) is -2.92. The van der Waals surface area contributed by atoms with Gasteiger partial charge in [0.2, 0.25) is 11.7 Å². The van der Waals surface area contributed by atoms with Crippen molar-refractivity contribution in [3.8, 4) is 5.88 Å². The van der Waals surface area contributed by atoms with Crippen molar-refractivity contribution in [3.05, 3.63) is 72.1 Å². The van der Waals surface area contributed by atoms with Crippen LogP contribution in [0.3, 0.4) is 0 Å². The van der Waals surface area contributed by atoms with E-state index in [4.69, 9.17) is 0 Å². The van der Waals surface area contributed by atoms with Crippen molar-refractivity contribution in [1.82, 2.24) is 23.1 Å². The van der Waals surface area contributed by atoms with Crippen LogP contribution >= 0.6 is 0 Å². The number of unbranched alkanes of at least 4 members (excludes halogenated alkanes) is 2. The van der Waals surface area contributed by atoms with Gasteiger partial charge in [0.05, 0.1) is 17.7 Å². The predicted molar refractivity (Wildman–Crippen MR) is 123 cm³/mol. The standard InChI is InChI=1S/C23H24F3N5O4/c1-4-5-6-10-15-18(32)30(12-13-8-7-9-14(11-13)23(24,25)26)21-27-17-16(31(21)19(15)33)20(34)29(3)22(35)28(17)2/h7-9,11,32H,4-6,10,12H2,1-3H3. The average Bonchev–Trinajstić information content (AvgIpc) is 3.22. The van der Waals surface area contributed by atoms with E-state index in [-0.39, 0.29) is 41.0 Å². The second-order valence-electron chi connectivity index (χ2n) is 8.47. The summed E-state index contributed by atoms with van der Waals surface area (Å²) >= 11 is 0. The minimum Gasteiger partial charge on any atom is -0.494 e. The van der Waals surface area contributed by atoms with E-state index < -0.39 is 34.4 Å². The van der Waals surface area contributed by atoms with Gasteiger partial charge in [0, 0.05) is 14.1 Å². The molecule has 4 aromatic rings. The van der Waals surface area contributed by atoms with Crippen molar-refractivity contribution >= 4 is 16.9 Å². The van der Waals surface area contributed by atoms with Gasteiger partial charge >= 0.3 is 11.9 Å². The van der Waals surface area contributed by atoms with Crippen molar-refractivity contribution in [2.24, 2.45) is 14.1 Å². The van der Waals surface area contributed by atoms with Gasteiger partial charge in [-0.2, -0.15) is 18.2 Å². The number of rotatable bonds is 6. The molecule has 0 saturated heterocycles. The highest BCUT2D eigenvalue weighted by Crippen LogP contribution is 2.30. The lowest BCUT2D eigenvalue weighted by molar-refractivity contribution is -0.137. The van der Waals surface area contributed by atoms with Crippen LogP contribution in [0.5, 0.6) is 5.88 Å². The summed E-state index contributed by atoms with van der Waals surface area (Å²) in [4.78, 5) is 43.1. The summed E-state index contributed by atoms with van der Waals surface area (Å²) in [6, 6.07) is 4.59. The van der Waals surface area contributed by atoms with Crippen molar-refractivity contribution in [1.29, 1.82) is 0 Å². The van der Waals surface area contributed by atoms with Gasteiger partial charge in [-0.25, -0.2) is 9.20 Å². The first-order chi connectivity index (χ1) is 16.5. The Labute approximate surface area is 196 Å². The van der Waals surface area contributed by atoms with Crippen LogP contribution in [0.4, 0.5) is 13.2 Å². The Kier molecular flexibility index (Phi) is 6.07. The Hall–Kier alpha value is -3.83. The summed E-state index contributed by atoms with van der Waals surface area (Å²) in [6.07, 6.45) is -2.14. The number of imidazole rings is 1. The Balaban J connectivity index is 2.07. The first-order valence-electron chi connectivity index (χ1n) is 11.1. The molecular formula is C23H24F3N5O4. The van der Waals surface area contributed by atoms with E-state index in [0.29, 0.717) is 6.42 Å². The summed E-state index contributed by atoms with van der Waals surface area (Å²) in [5, 5.41) is 11.1. The van der Waals surface area contributed by atoms with Crippen molar-refractivity contribution in [3.63, 3.8) is 0 Å². The van der Waals surface area contributed by atoms with E-state index >= 15 is 0 Å². The molecule has 0 atom stereocenters. The van der Waals surface area contributed by atoms with E-state index in [1.807, 2.05) is 6.92 Å². The Morgan fingerprint density at radius 2 is 1.74 bits per heavy atom. The number of aromatic nitrogens is 5. The lowest BCUT2D eigenvalue weighted by Gasteiger charge is -2.15. The highest BCUT2D eigenvalue weighted by molar-refractivity contribution is 5.75. The molecule has 0 unspecified atom stereocenters. The van der Waals surface area contributed by atoms with Crippen molar-refractivity contribution < 1.29 is 18.3 Å². The maximum absolute atomic E-state index is 13.4. The average molecular weight is 491 g/mol. The molecule has 12 heteroatoms. The van der Waals surface area contributed by atoms with Crippen molar-refractivity contribution in [2.75, 3.05) is 0 Å². The lowest BCUT2D eigenvalue weighted by Crippen LogP contribution is -2.38. The molecule has 4 rings (SSSR count). The minimum atomic E-state index is -4.56. The highest BCUT2D eigenvalue weighted by Gasteiger charge is 2.30. The molecule has 1 aromatic carbocycles. The molecule has 35 heavy (non-hydrogen) atoms. The van der Waals surface area contributed by atoms with Crippen LogP contribution in [0.2, 0.25) is 0 Å². The van der Waals surface area contributed by atoms with Crippen LogP contribution < -0.4 is 16.8 Å². The van der Waals surface area contributed by atoms with Crippen LogP contribution in [-0.2, 0) is 33.2 Å². The van der Waals surface area contributed by atoms with Gasteiger partial charge in [-0.15, -0.1) is 0 Å². The molecule has 0 bridgehead atoms. The van der Waals surface area contributed by atoms with E-state index in [2.05, 4.69) is 4.98 Å². The maximum Gasteiger partial charge on any atom is 0.416 e. The van der Waals surface area contributed by atoms with E-state index in [1.165, 1.54) is 30.8 Å². The summed E-state index contributed by atoms with van der Waals surface area (Å²) in [7, 11) is 2.66. The Bertz CT molecular complexity index is 1630. The molecule has 0 aliphatic heterocycles. The monoisotopic (exact) mass is 491 g/mol. The third kappa shape index (κ3) is 4.02. The normalized spacial score (nSPS) is 12.2. The topological polar surface area (TPSA) is 104 Å². The quantitative estimate of drug-likeness (QED) is 0.418. The lowest BCUT2D eigenvalue weighted by atomic mass is 10.1. The fourth-order valence-corrected chi connectivity index (χ4v) is 4.19. The SMILES string of the molecule is CCCCCc1c(O)n(Cc2cccc(C(F)(F)F)c2)c2nc3c(c(=O)n(C)c(=O)n3C)n2c1=O. The molecular weight excluding hydrogens is 467 g/mol. The molecule has 3 aromatic heterocycles. The molecule has 9 nitrogen and oxygen atoms in total. The van der Waals surface area contributed by atoms with Gasteiger partial charge < -0.3 is 5.11 Å². The zero-order chi connectivity index (χ0) is 25.7. The molecule has 0 aliphatic carbocycles. The van der Waals surface area contributed by atoms with Crippen LogP contribution in [0.1, 0.15) is 42.9 Å². The van der Waals surface area contributed by atoms with E-state index in [1.54, 1.807) is 0 Å². The zero-order valence-electron chi connectivity index (χ0n) is 19.4. The smallest absolute Gasteiger partial charge is 0.416 e. The number of aromatic hydroxyl groups is 1. The number of halogens is 3. The van der Waals surface area contributed by atoms with Gasteiger partial charge in [0.1, 0.15) is 0 Å². The third-order valence-electron chi connectivity index (χ3n) is 6.09. The van der Waals surface area contributed by atoms with Crippen LogP contribution in [0.25, 0.3) is 16.9 Å². The first-order valence-corrected chi connectivity index (χ1v) is 11.1. The molecule has 0 spiro atoms. The number of hydrogen-bond donors (Lipinski definition) is 1. The number of nitrogens with zero attached hydrogens (tertiary/aromatic N) is 5. The van der Waals surface area contributed by atoms with Crippen LogP contribution in [-0.4, -0.2) is 28.2 Å². The van der Waals surface area contributed by atoms with Crippen LogP contribution in [0, 0.1) is 0 Å². The molecule has 0 aliphatic rings. The second kappa shape index (κ2) is 8.75. The number of aryl methyl sites for hydroxylation is 1. The molecule has 0 amide bonds. The zero-order valence-corrected chi connectivity index (χ0v) is 19.4. The summed E-state index contributed by atoms with van der Waals surface area (Å²) in [5.74, 6) is -0.592. The number of fused-ring (bicyclic) bond motifs is 3. The summed E-state index contributed by atoms with van der Waals surface area (Å²) in [6.45, 7) is 1.72. The second-order valence-corrected chi connectivity index (χ2v) is 8.47. The fourth-order valence-electron chi connectivity index (χ4n) is 4.19. The van der Waals surface area contributed by atoms with Gasteiger partial charge in [0.25, 0.3) is 11.1 Å². The third-order valence-corrected chi connectivity index (χ3v) is 6.09. The number of alkyl halides is 3. The fraction of sp³-hybridized carbons (Fsp3) is 0.391. The Morgan fingerprint density at radius 3 is 2.40 bits per heavy atom. The van der Waals surface area contributed by atoms with Gasteiger partial charge in [-0.1, -0.05) is 31.9 Å². The molecule has 0 radical (unpaired) electrons. The summed E-state index contributed by atoms with van der Waals surface area (Å²) < 4.78 is 43.9. The molecule has 186 valence electrons. The number of benzene rings is 1. The van der Waals surface area contributed by atoms with Gasteiger partial charge in [-0.05, 0) is 30.5 Å². The molecule has 0 fully saturated rings.